The van der Waals surface area contributed by atoms with Crippen molar-refractivity contribution in [1.82, 2.24) is 24.4 Å². The third-order valence-electron chi connectivity index (χ3n) is 4.26. The maximum absolute atomic E-state index is 12.0. The number of nitrogens with zero attached hydrogens (tertiary/aromatic N) is 3. The van der Waals surface area contributed by atoms with Crippen LogP contribution in [0.5, 0.6) is 0 Å². The Balaban J connectivity index is 1.89. The van der Waals surface area contributed by atoms with Gasteiger partial charge in [-0.2, -0.15) is 4.98 Å². The predicted octanol–water partition coefficient (Wildman–Crippen LogP) is -1.92. The smallest absolute Gasteiger partial charge is 0.412 e. The molecule has 17 nitrogen and oxygen atoms in total. The molecule has 19 heteroatoms. The van der Waals surface area contributed by atoms with Crippen molar-refractivity contribution < 1.29 is 47.7 Å². The van der Waals surface area contributed by atoms with Crippen molar-refractivity contribution >= 4 is 38.6 Å². The first-order valence-corrected chi connectivity index (χ1v) is 12.1. The van der Waals surface area contributed by atoms with E-state index in [1.165, 1.54) is 6.92 Å². The van der Waals surface area contributed by atoms with Crippen molar-refractivity contribution in [3.8, 4) is 0 Å². The Morgan fingerprint density at radius 1 is 1.41 bits per heavy atom. The third kappa shape index (κ3) is 5.40. The lowest BCUT2D eigenvalue weighted by molar-refractivity contribution is -0.156. The van der Waals surface area contributed by atoms with Gasteiger partial charge in [0.2, 0.25) is 5.95 Å². The lowest BCUT2D eigenvalue weighted by Crippen LogP contribution is -2.38. The van der Waals surface area contributed by atoms with Crippen LogP contribution in [0.4, 0.5) is 5.95 Å². The molecule has 3 rings (SSSR count). The van der Waals surface area contributed by atoms with Gasteiger partial charge in [-0.25, -0.2) is 14.1 Å². The Morgan fingerprint density at radius 2 is 2.09 bits per heavy atom. The average Bonchev–Trinajstić information content (AvgIpc) is 3.20. The van der Waals surface area contributed by atoms with Crippen LogP contribution in [0.3, 0.4) is 0 Å². The van der Waals surface area contributed by atoms with E-state index in [-0.39, 0.29) is 23.5 Å². The van der Waals surface area contributed by atoms with Gasteiger partial charge in [-0.05, 0) is 0 Å². The zero-order valence-electron chi connectivity index (χ0n) is 16.3. The molecule has 3 heterocycles. The molecule has 0 amide bonds. The number of hydrogen-bond donors (Lipinski definition) is 7. The summed E-state index contributed by atoms with van der Waals surface area (Å²) >= 11 is 0. The van der Waals surface area contributed by atoms with Gasteiger partial charge in [-0.15, -0.1) is 4.86 Å². The van der Waals surface area contributed by atoms with E-state index in [0.717, 1.165) is 15.8 Å². The first-order valence-electron chi connectivity index (χ1n) is 8.89. The number of anilines is 1. The lowest BCUT2D eigenvalue weighted by Gasteiger charge is -2.21. The molecule has 8 N–H and O–H groups in total. The fourth-order valence-corrected chi connectivity index (χ4v) is 4.86. The number of nitrogens with one attached hydrogen (secondary N) is 2. The highest BCUT2D eigenvalue weighted by atomic mass is 31.3. The number of carbonyl (C=O) groups excluding carboxylic acids is 1. The summed E-state index contributed by atoms with van der Waals surface area (Å²) in [6, 6.07) is 0. The quantitative estimate of drug-likeness (QED) is 0.154. The van der Waals surface area contributed by atoms with E-state index < -0.39 is 58.2 Å². The summed E-state index contributed by atoms with van der Waals surface area (Å²) in [5.41, 5.74) is 4.70. The van der Waals surface area contributed by atoms with Crippen LogP contribution in [-0.2, 0) is 27.9 Å². The number of aliphatic hydroxyl groups is 1. The van der Waals surface area contributed by atoms with Gasteiger partial charge in [-0.3, -0.25) is 23.7 Å². The summed E-state index contributed by atoms with van der Waals surface area (Å²) in [5.74, 6) is -0.978. The molecule has 178 valence electrons. The minimum Gasteiger partial charge on any atom is -0.457 e. The van der Waals surface area contributed by atoms with Gasteiger partial charge in [0, 0.05) is 6.42 Å². The van der Waals surface area contributed by atoms with E-state index in [1.54, 1.807) is 0 Å². The van der Waals surface area contributed by atoms with E-state index in [2.05, 4.69) is 19.5 Å². The molecule has 0 bridgehead atoms. The summed E-state index contributed by atoms with van der Waals surface area (Å²) < 4.78 is 39.3. The highest BCUT2D eigenvalue weighted by molar-refractivity contribution is 7.66. The van der Waals surface area contributed by atoms with Crippen molar-refractivity contribution in [2.24, 2.45) is 0 Å². The molecule has 0 aliphatic carbocycles. The molecule has 5 atom stereocenters. The van der Waals surface area contributed by atoms with Gasteiger partial charge < -0.3 is 35.0 Å². The molecule has 1 unspecified atom stereocenters. The molecule has 2 aromatic rings. The second kappa shape index (κ2) is 8.97. The molecule has 1 fully saturated rings. The number of aliphatic hydroxyl groups excluding tert-OH is 1. The van der Waals surface area contributed by atoms with Crippen molar-refractivity contribution in [2.75, 3.05) is 12.3 Å². The number of esters is 1. The summed E-state index contributed by atoms with van der Waals surface area (Å²) in [5, 5.41) is 10.7. The Labute approximate surface area is 178 Å². The van der Waals surface area contributed by atoms with Gasteiger partial charge in [-0.1, -0.05) is 6.92 Å². The number of fused-ring (bicyclic) bond motifs is 1. The monoisotopic (exact) mass is 498 g/mol. The topological polar surface area (TPSA) is 261 Å². The molecule has 32 heavy (non-hydrogen) atoms. The van der Waals surface area contributed by atoms with Crippen molar-refractivity contribution in [1.29, 1.82) is 0 Å². The zero-order chi connectivity index (χ0) is 23.8. The second-order valence-electron chi connectivity index (χ2n) is 6.60. The number of aromatic nitrogens is 4. The van der Waals surface area contributed by atoms with Gasteiger partial charge in [0.15, 0.2) is 23.5 Å². The van der Waals surface area contributed by atoms with Gasteiger partial charge >= 0.3 is 21.5 Å². The van der Waals surface area contributed by atoms with E-state index in [4.69, 9.17) is 25.0 Å². The van der Waals surface area contributed by atoms with E-state index in [1.807, 2.05) is 0 Å². The first-order chi connectivity index (χ1) is 14.8. The Bertz CT molecular complexity index is 1160. The highest BCUT2D eigenvalue weighted by Gasteiger charge is 2.48. The third-order valence-corrected chi connectivity index (χ3v) is 6.81. The largest absolute Gasteiger partial charge is 0.457 e. The molecule has 1 aliphatic rings. The first kappa shape index (κ1) is 24.4. The molecule has 1 saturated heterocycles. The SMILES string of the molecule is CCC(=O)O[C@H]1[C@@H](O)[C@H](n2cnc3c(=O)[nH]c(N)nc32)O[C@@H]1COP(=O)(O)NP(=O)(O)O. The van der Waals surface area contributed by atoms with Crippen LogP contribution in [0.2, 0.25) is 0 Å². The lowest BCUT2D eigenvalue weighted by atomic mass is 10.1. The van der Waals surface area contributed by atoms with E-state index >= 15 is 0 Å². The van der Waals surface area contributed by atoms with Gasteiger partial charge in [0.05, 0.1) is 12.9 Å². The maximum Gasteiger partial charge on any atom is 0.412 e. The van der Waals surface area contributed by atoms with Crippen molar-refractivity contribution in [3.63, 3.8) is 0 Å². The average molecular weight is 498 g/mol. The van der Waals surface area contributed by atoms with E-state index in [0.29, 0.717) is 0 Å². The number of carbonyl (C=O) groups is 1. The number of nitrogens with two attached hydrogens (primary N) is 1. The number of ether oxygens (including phenoxy) is 2. The van der Waals surface area contributed by atoms with Gasteiger partial charge in [0.1, 0.15) is 12.2 Å². The molecular formula is C13H20N6O11P2. The minimum absolute atomic E-state index is 0.0616. The number of nitrogen functional groups attached to an aromatic ring is 1. The Morgan fingerprint density at radius 3 is 2.72 bits per heavy atom. The number of aromatic amines is 1. The van der Waals surface area contributed by atoms with Crippen LogP contribution in [0, 0.1) is 0 Å². The van der Waals surface area contributed by atoms with Crippen molar-refractivity contribution in [2.45, 2.75) is 37.9 Å². The Hall–Kier alpha value is -2.20. The number of rotatable bonds is 8. The zero-order valence-corrected chi connectivity index (χ0v) is 18.0. The number of hydrogen-bond acceptors (Lipinski definition) is 11. The molecule has 0 radical (unpaired) electrons. The standard InChI is InChI=1S/C13H20N6O11P2/c1-2-6(20)30-9-5(3-28-32(26,27)18-31(23,24)25)29-12(8(9)21)19-4-15-7-10(19)16-13(14)17-11(7)22/h4-5,8-9,12,21H,2-3H2,1H3,(H3,14,16,17,22)(H4,18,23,24,25,26,27)/t5-,8-,9-,12-/m1/s1. The molecular weight excluding hydrogens is 478 g/mol. The van der Waals surface area contributed by atoms with Crippen LogP contribution in [0.1, 0.15) is 19.6 Å². The van der Waals surface area contributed by atoms with Crippen LogP contribution in [0.15, 0.2) is 11.1 Å². The molecule has 2 aromatic heterocycles. The molecule has 1 aliphatic heterocycles. The number of imidazole rings is 1. The number of H-pyrrole nitrogens is 1. The van der Waals surface area contributed by atoms with Crippen LogP contribution < -0.4 is 16.2 Å². The summed E-state index contributed by atoms with van der Waals surface area (Å²) in [6.45, 7) is 0.667. The summed E-state index contributed by atoms with van der Waals surface area (Å²) in [6.07, 6.45) is -4.65. The second-order valence-corrected chi connectivity index (χ2v) is 9.79. The predicted molar refractivity (Wildman–Crippen MR) is 104 cm³/mol. The van der Waals surface area contributed by atoms with Gasteiger partial charge in [0.25, 0.3) is 5.56 Å². The summed E-state index contributed by atoms with van der Waals surface area (Å²) in [4.78, 5) is 62.1. The molecule has 0 aromatic carbocycles. The molecule has 0 saturated carbocycles. The Kier molecular flexibility index (Phi) is 6.86. The van der Waals surface area contributed by atoms with Crippen LogP contribution >= 0.6 is 15.5 Å². The molecule has 0 spiro atoms. The van der Waals surface area contributed by atoms with Crippen LogP contribution in [-0.4, -0.2) is 70.2 Å². The van der Waals surface area contributed by atoms with Crippen molar-refractivity contribution in [3.05, 3.63) is 16.7 Å². The minimum atomic E-state index is -5.12. The fourth-order valence-electron chi connectivity index (χ4n) is 2.96. The normalized spacial score (nSPS) is 25.7. The summed E-state index contributed by atoms with van der Waals surface area (Å²) in [7, 11) is -10.1. The highest BCUT2D eigenvalue weighted by Crippen LogP contribution is 2.49. The van der Waals surface area contributed by atoms with Crippen LogP contribution in [0.25, 0.3) is 11.2 Å². The fraction of sp³-hybridized carbons (Fsp3) is 0.538. The van der Waals surface area contributed by atoms with E-state index in [9.17, 15) is 28.7 Å². The maximum atomic E-state index is 12.0.